The van der Waals surface area contributed by atoms with Gasteiger partial charge in [0.25, 0.3) is 0 Å². The molecular weight excluding hydrogens is 582 g/mol. The van der Waals surface area contributed by atoms with Crippen molar-refractivity contribution in [3.05, 3.63) is 97.6 Å². The van der Waals surface area contributed by atoms with Crippen LogP contribution in [0.25, 0.3) is 43.6 Å². The molecule has 14 heteroatoms. The molecule has 0 fully saturated rings. The van der Waals surface area contributed by atoms with Crippen molar-refractivity contribution in [2.45, 2.75) is 0 Å². The third-order valence-corrected chi connectivity index (χ3v) is 6.49. The Morgan fingerprint density at radius 1 is 0.474 bits per heavy atom. The molecule has 0 spiro atoms. The minimum absolute atomic E-state index is 0. The third-order valence-electron chi connectivity index (χ3n) is 4.89. The minimum atomic E-state index is -5.68. The van der Waals surface area contributed by atoms with Crippen LogP contribution >= 0.6 is 15.6 Å². The van der Waals surface area contributed by atoms with Crippen molar-refractivity contribution in [1.82, 2.24) is 19.9 Å². The summed E-state index contributed by atoms with van der Waals surface area (Å²) in [6.45, 7) is 0. The zero-order valence-electron chi connectivity index (χ0n) is 19.1. The number of fused-ring (bicyclic) bond motifs is 6. The average Bonchev–Trinajstić information content (AvgIpc) is 2.87. The van der Waals surface area contributed by atoms with E-state index in [1.54, 1.807) is 24.8 Å². The largest absolute Gasteiger partial charge is 2.00 e. The first-order valence-corrected chi connectivity index (χ1v) is 13.5. The molecule has 0 aliphatic rings. The van der Waals surface area contributed by atoms with Crippen molar-refractivity contribution < 1.29 is 50.1 Å². The van der Waals surface area contributed by atoms with Crippen LogP contribution in [0.2, 0.25) is 0 Å². The van der Waals surface area contributed by atoms with E-state index < -0.39 is 15.6 Å². The van der Waals surface area contributed by atoms with Crippen molar-refractivity contribution >= 4 is 59.3 Å². The molecule has 6 aromatic rings. The van der Waals surface area contributed by atoms with Crippen LogP contribution in [0.5, 0.6) is 0 Å². The summed E-state index contributed by atoms with van der Waals surface area (Å²) in [5, 5.41) is 4.55. The average molecular weight is 598 g/mol. The molecule has 0 bridgehead atoms. The molecule has 0 unspecified atom stereocenters. The standard InChI is InChI=1S/2C12H8N2.Cu.H4O7P2/c2*1-3-9-5-6-10-4-2-8-14-12(10)11(9)13-7-1;;1-8(2,3)7-9(4,5)6/h2*1-8H;;(H2,1,2,3)(H2,4,5,6)/q;;+2;/p-4. The van der Waals surface area contributed by atoms with Gasteiger partial charge >= 0.3 is 17.1 Å². The summed E-state index contributed by atoms with van der Waals surface area (Å²) in [4.78, 5) is 54.7. The number of hydrogen-bond acceptors (Lipinski definition) is 11. The maximum atomic E-state index is 9.32. The molecule has 4 aromatic heterocycles. The van der Waals surface area contributed by atoms with E-state index in [9.17, 15) is 28.7 Å². The number of pyridine rings is 4. The Morgan fingerprint density at radius 2 is 0.711 bits per heavy atom. The molecule has 1 radical (unpaired) electrons. The third kappa shape index (κ3) is 7.93. The van der Waals surface area contributed by atoms with E-state index in [2.05, 4.69) is 72.8 Å². The van der Waals surface area contributed by atoms with Crippen LogP contribution in [0.4, 0.5) is 0 Å². The monoisotopic (exact) mass is 597 g/mol. The molecule has 197 valence electrons. The van der Waals surface area contributed by atoms with E-state index in [-0.39, 0.29) is 17.1 Å². The summed E-state index contributed by atoms with van der Waals surface area (Å²) in [7, 11) is -11.4. The summed E-state index contributed by atoms with van der Waals surface area (Å²) < 4.78 is 21.2. The van der Waals surface area contributed by atoms with E-state index in [1.165, 1.54) is 0 Å². The Labute approximate surface area is 226 Å². The van der Waals surface area contributed by atoms with Gasteiger partial charge in [-0.3, -0.25) is 19.9 Å². The smallest absolute Gasteiger partial charge is 0.790 e. The van der Waals surface area contributed by atoms with Crippen molar-refractivity contribution in [3.8, 4) is 0 Å². The van der Waals surface area contributed by atoms with Crippen LogP contribution in [0.1, 0.15) is 0 Å². The predicted octanol–water partition coefficient (Wildman–Crippen LogP) is 2.22. The number of hydrogen-bond donors (Lipinski definition) is 0. The maximum Gasteiger partial charge on any atom is 2.00 e. The number of benzene rings is 2. The van der Waals surface area contributed by atoms with Crippen LogP contribution in [0, 0.1) is 0 Å². The fraction of sp³-hybridized carbons (Fsp3) is 0. The van der Waals surface area contributed by atoms with Gasteiger partial charge in [-0.25, -0.2) is 0 Å². The van der Waals surface area contributed by atoms with Gasteiger partial charge in [0.1, 0.15) is 0 Å². The normalized spacial score (nSPS) is 11.3. The van der Waals surface area contributed by atoms with Gasteiger partial charge in [0, 0.05) is 46.3 Å². The van der Waals surface area contributed by atoms with Gasteiger partial charge in [-0.15, -0.1) is 0 Å². The van der Waals surface area contributed by atoms with E-state index in [0.29, 0.717) is 0 Å². The van der Waals surface area contributed by atoms with Gasteiger partial charge < -0.3 is 33.0 Å². The topological polar surface area (TPSA) is 187 Å². The van der Waals surface area contributed by atoms with Crippen molar-refractivity contribution in [2.24, 2.45) is 0 Å². The van der Waals surface area contributed by atoms with Gasteiger partial charge in [-0.2, -0.15) is 0 Å². The summed E-state index contributed by atoms with van der Waals surface area (Å²) in [5.74, 6) is 0. The molecule has 11 nitrogen and oxygen atoms in total. The summed E-state index contributed by atoms with van der Waals surface area (Å²) in [6, 6.07) is 24.3. The van der Waals surface area contributed by atoms with E-state index in [0.717, 1.165) is 43.6 Å². The molecule has 6 rings (SSSR count). The summed E-state index contributed by atoms with van der Waals surface area (Å²) in [5.41, 5.74) is 3.91. The molecule has 4 heterocycles. The Hall–Kier alpha value is -3.14. The molecule has 0 saturated heterocycles. The maximum absolute atomic E-state index is 9.32. The molecule has 38 heavy (non-hydrogen) atoms. The van der Waals surface area contributed by atoms with Gasteiger partial charge in [0.05, 0.1) is 37.7 Å². The van der Waals surface area contributed by atoms with Gasteiger partial charge in [0.2, 0.25) is 0 Å². The number of rotatable bonds is 2. The molecule has 0 amide bonds. The first-order valence-electron chi connectivity index (χ1n) is 10.5. The first-order chi connectivity index (χ1) is 17.6. The van der Waals surface area contributed by atoms with Gasteiger partial charge in [0.15, 0.2) is 0 Å². The zero-order chi connectivity index (χ0) is 26.5. The summed E-state index contributed by atoms with van der Waals surface area (Å²) >= 11 is 0. The second-order valence-electron chi connectivity index (χ2n) is 7.41. The second-order valence-corrected chi connectivity index (χ2v) is 9.85. The first kappa shape index (κ1) is 29.4. The van der Waals surface area contributed by atoms with Crippen LogP contribution in [0.15, 0.2) is 97.6 Å². The predicted molar refractivity (Wildman–Crippen MR) is 130 cm³/mol. The van der Waals surface area contributed by atoms with Crippen LogP contribution in [-0.4, -0.2) is 19.9 Å². The van der Waals surface area contributed by atoms with E-state index in [4.69, 9.17) is 0 Å². The Balaban J connectivity index is 0.000000161. The minimum Gasteiger partial charge on any atom is -0.790 e. The number of phosphoric acid groups is 2. The van der Waals surface area contributed by atoms with Crippen molar-refractivity contribution in [1.29, 1.82) is 0 Å². The Bertz CT molecular complexity index is 1560. The van der Waals surface area contributed by atoms with Crippen molar-refractivity contribution in [2.75, 3.05) is 0 Å². The van der Waals surface area contributed by atoms with Crippen LogP contribution in [-0.2, 0) is 30.5 Å². The van der Waals surface area contributed by atoms with Gasteiger partial charge in [-0.05, 0) is 24.3 Å². The molecule has 0 atom stereocenters. The van der Waals surface area contributed by atoms with Crippen LogP contribution in [0.3, 0.4) is 0 Å². The summed E-state index contributed by atoms with van der Waals surface area (Å²) in [6.07, 6.45) is 7.21. The Morgan fingerprint density at radius 3 is 0.895 bits per heavy atom. The molecule has 0 N–H and O–H groups in total. The molecule has 0 saturated carbocycles. The van der Waals surface area contributed by atoms with Gasteiger partial charge in [-0.1, -0.05) is 48.5 Å². The fourth-order valence-corrected chi connectivity index (χ4v) is 4.46. The van der Waals surface area contributed by atoms with E-state index >= 15 is 0 Å². The Kier molecular flexibility index (Phi) is 9.76. The quantitative estimate of drug-likeness (QED) is 0.162. The molecule has 0 aliphatic carbocycles. The molecule has 2 aromatic carbocycles. The van der Waals surface area contributed by atoms with Crippen LogP contribution < -0.4 is 19.6 Å². The fourth-order valence-electron chi connectivity index (χ4n) is 3.48. The number of nitrogens with zero attached hydrogens (tertiary/aromatic N) is 4. The molecular formula is C24H16CuN4O7P2-2. The number of aromatic nitrogens is 4. The second kappa shape index (κ2) is 12.6. The molecule has 0 aliphatic heterocycles. The van der Waals surface area contributed by atoms with Crippen molar-refractivity contribution in [3.63, 3.8) is 0 Å². The zero-order valence-corrected chi connectivity index (χ0v) is 21.8. The SMILES string of the molecule is O=P([O-])([O-])OP(=O)([O-])[O-].[Cu+2].c1cnc2c(c1)ccc1cccnc12.c1cnc2c(c1)ccc1cccnc12. The van der Waals surface area contributed by atoms with E-state index in [1.807, 2.05) is 24.3 Å².